The molecule has 0 atom stereocenters. The molecule has 8 nitrogen and oxygen atoms in total. The Bertz CT molecular complexity index is 792. The zero-order valence-corrected chi connectivity index (χ0v) is 19.7. The summed E-state index contributed by atoms with van der Waals surface area (Å²) in [5.41, 5.74) is 2.38. The fraction of sp³-hybridized carbons (Fsp3) is 0.583. The number of imide groups is 1. The summed E-state index contributed by atoms with van der Waals surface area (Å²) in [6.45, 7) is 4.84. The van der Waals surface area contributed by atoms with Crippen LogP contribution in [0, 0.1) is 5.92 Å². The van der Waals surface area contributed by atoms with Crippen molar-refractivity contribution < 1.29 is 19.1 Å². The van der Waals surface area contributed by atoms with E-state index in [0.717, 1.165) is 42.6 Å². The van der Waals surface area contributed by atoms with Crippen LogP contribution in [-0.2, 0) is 14.3 Å². The Morgan fingerprint density at radius 2 is 1.97 bits per heavy atom. The molecule has 32 heavy (non-hydrogen) atoms. The van der Waals surface area contributed by atoms with Gasteiger partial charge < -0.3 is 9.64 Å². The van der Waals surface area contributed by atoms with Crippen LogP contribution in [0.2, 0.25) is 0 Å². The lowest BCUT2D eigenvalue weighted by Gasteiger charge is -2.28. The molecule has 0 saturated heterocycles. The lowest BCUT2D eigenvalue weighted by molar-refractivity contribution is -0.140. The van der Waals surface area contributed by atoms with E-state index in [1.54, 1.807) is 0 Å². The highest BCUT2D eigenvalue weighted by Gasteiger charge is 2.22. The first-order valence-electron chi connectivity index (χ1n) is 11.2. The number of hydrogen-bond donors (Lipinski definition) is 1. The van der Waals surface area contributed by atoms with E-state index in [4.69, 9.17) is 4.99 Å². The number of likely N-dealkylation sites (N-methyl/N-ethyl adjacent to an activating group) is 1. The molecule has 0 heterocycles. The fourth-order valence-electron chi connectivity index (χ4n) is 3.68. The molecule has 2 rings (SSSR count). The molecule has 0 aromatic carbocycles. The second-order valence-corrected chi connectivity index (χ2v) is 8.64. The molecule has 1 N–H and O–H groups in total. The third-order valence-electron chi connectivity index (χ3n) is 5.82. The average Bonchev–Trinajstić information content (AvgIpc) is 2.98. The summed E-state index contributed by atoms with van der Waals surface area (Å²) >= 11 is 0. The van der Waals surface area contributed by atoms with Crippen LogP contribution >= 0.6 is 0 Å². The molecule has 0 spiro atoms. The number of nitrogens with one attached hydrogen (secondary N) is 1. The number of nitrogens with zero attached hydrogens (tertiary/aromatic N) is 3. The minimum atomic E-state index is -0.611. The number of methoxy groups -OCH3 is 1. The molecule has 2 aliphatic rings. The summed E-state index contributed by atoms with van der Waals surface area (Å²) in [5, 5.41) is 2.79. The van der Waals surface area contributed by atoms with Crippen LogP contribution in [-0.4, -0.2) is 67.5 Å². The molecular weight excluding hydrogens is 408 g/mol. The topological polar surface area (TPSA) is 91.3 Å². The summed E-state index contributed by atoms with van der Waals surface area (Å²) in [4.78, 5) is 43.3. The molecule has 0 radical (unpaired) electrons. The van der Waals surface area contributed by atoms with Gasteiger partial charge in [0.2, 0.25) is 12.4 Å². The number of ether oxygens (including phenoxy) is 1. The monoisotopic (exact) mass is 444 g/mol. The van der Waals surface area contributed by atoms with E-state index < -0.39 is 12.0 Å². The number of hydrogen-bond acceptors (Lipinski definition) is 5. The number of guanidine groups is 1. The predicted molar refractivity (Wildman–Crippen MR) is 125 cm³/mol. The van der Waals surface area contributed by atoms with Crippen LogP contribution in [0.3, 0.4) is 0 Å². The normalized spacial score (nSPS) is 21.1. The van der Waals surface area contributed by atoms with Crippen LogP contribution < -0.4 is 5.32 Å². The highest BCUT2D eigenvalue weighted by molar-refractivity contribution is 5.99. The van der Waals surface area contributed by atoms with Gasteiger partial charge in [0.25, 0.3) is 0 Å². The molecule has 0 aromatic heterocycles. The van der Waals surface area contributed by atoms with Gasteiger partial charge in [-0.05, 0) is 50.5 Å². The molecular formula is C24H36N4O4. The minimum Gasteiger partial charge on any atom is -0.469 e. The summed E-state index contributed by atoms with van der Waals surface area (Å²) < 4.78 is 4.59. The van der Waals surface area contributed by atoms with Gasteiger partial charge in [-0.3, -0.25) is 19.8 Å². The van der Waals surface area contributed by atoms with Crippen LogP contribution in [0.4, 0.5) is 4.79 Å². The Labute approximate surface area is 191 Å². The quantitative estimate of drug-likeness (QED) is 0.281. The zero-order chi connectivity index (χ0) is 23.5. The number of allylic oxidation sites excluding steroid dienone is 4. The van der Waals surface area contributed by atoms with Gasteiger partial charge in [0, 0.05) is 20.1 Å². The number of urea groups is 1. The molecule has 1 fully saturated rings. The molecule has 8 heteroatoms. The van der Waals surface area contributed by atoms with E-state index in [2.05, 4.69) is 48.2 Å². The lowest BCUT2D eigenvalue weighted by atomic mass is 9.88. The van der Waals surface area contributed by atoms with Crippen molar-refractivity contribution >= 4 is 24.4 Å². The SMILES string of the molecule is COC(=O)CCN(C=O)C(=O)NC(=NC1CCC(C)CC1)N(C)CC1=CC=C(C)CC=C1. The average molecular weight is 445 g/mol. The van der Waals surface area contributed by atoms with Crippen molar-refractivity contribution in [3.05, 3.63) is 35.5 Å². The first kappa shape index (κ1) is 25.4. The second kappa shape index (κ2) is 12.8. The molecule has 0 unspecified atom stereocenters. The number of carbonyl (C=O) groups excluding carboxylic acids is 3. The number of carbonyl (C=O) groups is 3. The number of esters is 1. The van der Waals surface area contributed by atoms with E-state index in [1.165, 1.54) is 12.7 Å². The van der Waals surface area contributed by atoms with E-state index in [1.807, 2.05) is 11.9 Å². The molecule has 176 valence electrons. The second-order valence-electron chi connectivity index (χ2n) is 8.64. The Kier molecular flexibility index (Phi) is 10.2. The van der Waals surface area contributed by atoms with Crippen LogP contribution in [0.25, 0.3) is 0 Å². The third kappa shape index (κ3) is 8.32. The van der Waals surface area contributed by atoms with Gasteiger partial charge in [0.1, 0.15) is 0 Å². The Morgan fingerprint density at radius 3 is 2.62 bits per heavy atom. The van der Waals surface area contributed by atoms with Crippen molar-refractivity contribution in [2.75, 3.05) is 27.2 Å². The number of aliphatic imine (C=N–C) groups is 1. The first-order chi connectivity index (χ1) is 15.3. The highest BCUT2D eigenvalue weighted by atomic mass is 16.5. The van der Waals surface area contributed by atoms with Crippen LogP contribution in [0.5, 0.6) is 0 Å². The maximum absolute atomic E-state index is 12.8. The van der Waals surface area contributed by atoms with Crippen molar-refractivity contribution in [3.63, 3.8) is 0 Å². The van der Waals surface area contributed by atoms with E-state index in [9.17, 15) is 14.4 Å². The largest absolute Gasteiger partial charge is 0.469 e. The van der Waals surface area contributed by atoms with Crippen LogP contribution in [0.15, 0.2) is 40.4 Å². The van der Waals surface area contributed by atoms with Crippen molar-refractivity contribution in [1.29, 1.82) is 0 Å². The maximum Gasteiger partial charge on any atom is 0.330 e. The molecule has 0 aromatic rings. The smallest absolute Gasteiger partial charge is 0.330 e. The van der Waals surface area contributed by atoms with Crippen molar-refractivity contribution in [3.8, 4) is 0 Å². The maximum atomic E-state index is 12.8. The highest BCUT2D eigenvalue weighted by Crippen LogP contribution is 2.25. The van der Waals surface area contributed by atoms with Gasteiger partial charge in [0.15, 0.2) is 0 Å². The van der Waals surface area contributed by atoms with E-state index in [-0.39, 0.29) is 19.0 Å². The van der Waals surface area contributed by atoms with Gasteiger partial charge in [-0.25, -0.2) is 9.79 Å². The number of amides is 3. The van der Waals surface area contributed by atoms with Crippen LogP contribution in [0.1, 0.15) is 52.4 Å². The van der Waals surface area contributed by atoms with Crippen molar-refractivity contribution in [1.82, 2.24) is 15.1 Å². The van der Waals surface area contributed by atoms with Crippen molar-refractivity contribution in [2.24, 2.45) is 10.9 Å². The zero-order valence-electron chi connectivity index (χ0n) is 19.7. The third-order valence-corrected chi connectivity index (χ3v) is 5.82. The summed E-state index contributed by atoms with van der Waals surface area (Å²) in [6.07, 6.45) is 13.8. The predicted octanol–water partition coefficient (Wildman–Crippen LogP) is 3.42. The molecule has 0 bridgehead atoms. The van der Waals surface area contributed by atoms with E-state index >= 15 is 0 Å². The standard InChI is InChI=1S/C24H36N4O4/c1-18-6-5-7-20(11-8-18)16-27(3)23(25-21-12-9-19(2)10-13-21)26-24(31)28(17-29)15-14-22(30)32-4/h5,7-8,11,17,19,21H,6,9-10,12-16H2,1-4H3,(H,25,26,31). The van der Waals surface area contributed by atoms with Gasteiger partial charge in [0.05, 0.1) is 19.6 Å². The molecule has 2 aliphatic carbocycles. The first-order valence-corrected chi connectivity index (χ1v) is 11.2. The number of rotatable bonds is 7. The Hall–Kier alpha value is -2.90. The molecule has 1 saturated carbocycles. The van der Waals surface area contributed by atoms with Gasteiger partial charge in [-0.1, -0.05) is 36.8 Å². The Balaban J connectivity index is 2.15. The van der Waals surface area contributed by atoms with E-state index in [0.29, 0.717) is 24.8 Å². The molecule has 3 amide bonds. The summed E-state index contributed by atoms with van der Waals surface area (Å²) in [6, 6.07) is -0.482. The molecule has 0 aliphatic heterocycles. The minimum absolute atomic E-state index is 0.0576. The van der Waals surface area contributed by atoms with Gasteiger partial charge in [-0.2, -0.15) is 0 Å². The Morgan fingerprint density at radius 1 is 1.25 bits per heavy atom. The summed E-state index contributed by atoms with van der Waals surface area (Å²) in [7, 11) is 3.14. The van der Waals surface area contributed by atoms with Gasteiger partial charge >= 0.3 is 12.0 Å². The fourth-order valence-corrected chi connectivity index (χ4v) is 3.68. The van der Waals surface area contributed by atoms with Crippen molar-refractivity contribution in [2.45, 2.75) is 58.4 Å². The van der Waals surface area contributed by atoms with Gasteiger partial charge in [-0.15, -0.1) is 0 Å². The lowest BCUT2D eigenvalue weighted by Crippen LogP contribution is -2.49. The summed E-state index contributed by atoms with van der Waals surface area (Å²) in [5.74, 6) is 0.638.